The van der Waals surface area contributed by atoms with Gasteiger partial charge in [0.2, 0.25) is 5.91 Å². The SMILES string of the molecule is O=C(CCc1ccc(Cl)s1)NC(CO)c1ccc(Cl)cc1. The van der Waals surface area contributed by atoms with Gasteiger partial charge in [0, 0.05) is 16.3 Å². The zero-order valence-electron chi connectivity index (χ0n) is 11.2. The Morgan fingerprint density at radius 2 is 1.90 bits per heavy atom. The standard InChI is InChI=1S/C15H15Cl2NO2S/c16-11-3-1-10(2-4-11)13(9-19)18-15(20)8-6-12-5-7-14(17)21-12/h1-5,7,13,19H,6,8-9H2,(H,18,20). The number of aliphatic hydroxyl groups is 1. The lowest BCUT2D eigenvalue weighted by molar-refractivity contribution is -0.122. The van der Waals surface area contributed by atoms with E-state index in [9.17, 15) is 9.90 Å². The molecule has 0 aliphatic heterocycles. The van der Waals surface area contributed by atoms with E-state index in [1.807, 2.05) is 12.1 Å². The van der Waals surface area contributed by atoms with Gasteiger partial charge in [0.1, 0.15) is 0 Å². The minimum Gasteiger partial charge on any atom is -0.394 e. The Balaban J connectivity index is 1.89. The Hall–Kier alpha value is -1.07. The molecule has 1 aromatic heterocycles. The Morgan fingerprint density at radius 1 is 1.19 bits per heavy atom. The third-order valence-corrected chi connectivity index (χ3v) is 4.56. The summed E-state index contributed by atoms with van der Waals surface area (Å²) in [7, 11) is 0. The van der Waals surface area contributed by atoms with E-state index in [4.69, 9.17) is 23.2 Å². The van der Waals surface area contributed by atoms with Gasteiger partial charge < -0.3 is 10.4 Å². The van der Waals surface area contributed by atoms with Gasteiger partial charge in [-0.15, -0.1) is 11.3 Å². The number of aliphatic hydroxyl groups excluding tert-OH is 1. The molecule has 0 bridgehead atoms. The number of halogens is 2. The number of hydrogen-bond donors (Lipinski definition) is 2. The van der Waals surface area contributed by atoms with Gasteiger partial charge in [-0.1, -0.05) is 35.3 Å². The molecule has 2 rings (SSSR count). The second-order valence-corrected chi connectivity index (χ2v) is 6.80. The summed E-state index contributed by atoms with van der Waals surface area (Å²) in [6.45, 7) is -0.155. The molecule has 2 N–H and O–H groups in total. The predicted octanol–water partition coefficient (Wildman–Crippen LogP) is 3.84. The van der Waals surface area contributed by atoms with E-state index in [0.29, 0.717) is 17.9 Å². The summed E-state index contributed by atoms with van der Waals surface area (Å²) < 4.78 is 0.722. The molecule has 0 spiro atoms. The lowest BCUT2D eigenvalue weighted by Gasteiger charge is -2.16. The molecular formula is C15H15Cl2NO2S. The molecule has 21 heavy (non-hydrogen) atoms. The second kappa shape index (κ2) is 7.80. The van der Waals surface area contributed by atoms with Crippen LogP contribution in [0.5, 0.6) is 0 Å². The van der Waals surface area contributed by atoms with Crippen LogP contribution in [0.15, 0.2) is 36.4 Å². The molecular weight excluding hydrogens is 329 g/mol. The van der Waals surface area contributed by atoms with Crippen molar-refractivity contribution < 1.29 is 9.90 Å². The van der Waals surface area contributed by atoms with E-state index in [1.54, 1.807) is 24.3 Å². The molecule has 0 fully saturated rings. The van der Waals surface area contributed by atoms with Crippen LogP contribution in [0.4, 0.5) is 0 Å². The second-order valence-electron chi connectivity index (χ2n) is 4.56. The van der Waals surface area contributed by atoms with Crippen LogP contribution in [-0.4, -0.2) is 17.6 Å². The molecule has 112 valence electrons. The number of aryl methyl sites for hydroxylation is 1. The maximum Gasteiger partial charge on any atom is 0.220 e. The molecule has 0 aliphatic carbocycles. The first-order chi connectivity index (χ1) is 10.1. The van der Waals surface area contributed by atoms with Crippen LogP contribution in [0.3, 0.4) is 0 Å². The third-order valence-electron chi connectivity index (χ3n) is 3.02. The van der Waals surface area contributed by atoms with Crippen molar-refractivity contribution >= 4 is 40.4 Å². The summed E-state index contributed by atoms with van der Waals surface area (Å²) in [4.78, 5) is 13.0. The van der Waals surface area contributed by atoms with E-state index in [2.05, 4.69) is 5.32 Å². The molecule has 1 unspecified atom stereocenters. The number of benzene rings is 1. The topological polar surface area (TPSA) is 49.3 Å². The van der Waals surface area contributed by atoms with Crippen LogP contribution in [0.1, 0.15) is 22.9 Å². The fraction of sp³-hybridized carbons (Fsp3) is 0.267. The number of carbonyl (C=O) groups excluding carboxylic acids is 1. The van der Waals surface area contributed by atoms with Crippen molar-refractivity contribution in [2.24, 2.45) is 0 Å². The lowest BCUT2D eigenvalue weighted by Crippen LogP contribution is -2.30. The molecule has 1 atom stereocenters. The quantitative estimate of drug-likeness (QED) is 0.837. The number of hydrogen-bond acceptors (Lipinski definition) is 3. The van der Waals surface area contributed by atoms with Crippen molar-refractivity contribution in [1.29, 1.82) is 0 Å². The van der Waals surface area contributed by atoms with Gasteiger partial charge in [0.25, 0.3) is 0 Å². The van der Waals surface area contributed by atoms with E-state index in [-0.39, 0.29) is 12.5 Å². The normalized spacial score (nSPS) is 12.1. The molecule has 6 heteroatoms. The largest absolute Gasteiger partial charge is 0.394 e. The minimum atomic E-state index is -0.415. The summed E-state index contributed by atoms with van der Waals surface area (Å²) in [6.07, 6.45) is 1.00. The highest BCUT2D eigenvalue weighted by Gasteiger charge is 2.13. The van der Waals surface area contributed by atoms with E-state index >= 15 is 0 Å². The fourth-order valence-corrected chi connectivity index (χ4v) is 3.13. The van der Waals surface area contributed by atoms with Gasteiger partial charge in [0.15, 0.2) is 0 Å². The molecule has 2 aromatic rings. The first kappa shape index (κ1) is 16.3. The van der Waals surface area contributed by atoms with Gasteiger partial charge in [-0.05, 0) is 36.2 Å². The van der Waals surface area contributed by atoms with Crippen LogP contribution in [0.25, 0.3) is 0 Å². The Labute approximate surface area is 137 Å². The van der Waals surface area contributed by atoms with Crippen LogP contribution >= 0.6 is 34.5 Å². The molecule has 0 saturated carbocycles. The van der Waals surface area contributed by atoms with Crippen LogP contribution in [0, 0.1) is 0 Å². The summed E-state index contributed by atoms with van der Waals surface area (Å²) in [5.41, 5.74) is 0.828. The zero-order chi connectivity index (χ0) is 15.2. The molecule has 0 radical (unpaired) electrons. The summed E-state index contributed by atoms with van der Waals surface area (Å²) >= 11 is 13.1. The zero-order valence-corrected chi connectivity index (χ0v) is 13.5. The Morgan fingerprint density at radius 3 is 2.48 bits per heavy atom. The van der Waals surface area contributed by atoms with Crippen molar-refractivity contribution in [2.45, 2.75) is 18.9 Å². The maximum atomic E-state index is 12.0. The Kier molecular flexibility index (Phi) is 6.06. The van der Waals surface area contributed by atoms with Gasteiger partial charge >= 0.3 is 0 Å². The molecule has 0 aliphatic rings. The number of amides is 1. The highest BCUT2D eigenvalue weighted by molar-refractivity contribution is 7.16. The van der Waals surface area contributed by atoms with E-state index in [0.717, 1.165) is 14.8 Å². The smallest absolute Gasteiger partial charge is 0.220 e. The highest BCUT2D eigenvalue weighted by Crippen LogP contribution is 2.22. The fourth-order valence-electron chi connectivity index (χ4n) is 1.92. The number of nitrogens with one attached hydrogen (secondary N) is 1. The van der Waals surface area contributed by atoms with Crippen LogP contribution in [-0.2, 0) is 11.2 Å². The molecule has 0 saturated heterocycles. The first-order valence-corrected chi connectivity index (χ1v) is 8.05. The highest BCUT2D eigenvalue weighted by atomic mass is 35.5. The molecule has 1 aromatic carbocycles. The summed E-state index contributed by atoms with van der Waals surface area (Å²) in [6, 6.07) is 10.4. The van der Waals surface area contributed by atoms with Crippen molar-refractivity contribution in [3.8, 4) is 0 Å². The van der Waals surface area contributed by atoms with E-state index in [1.165, 1.54) is 11.3 Å². The maximum absolute atomic E-state index is 12.0. The number of thiophene rings is 1. The average Bonchev–Trinajstić information content (AvgIpc) is 2.89. The molecule has 1 heterocycles. The van der Waals surface area contributed by atoms with Crippen LogP contribution in [0.2, 0.25) is 9.36 Å². The summed E-state index contributed by atoms with van der Waals surface area (Å²) in [5, 5.41) is 12.9. The monoisotopic (exact) mass is 343 g/mol. The van der Waals surface area contributed by atoms with Gasteiger partial charge in [0.05, 0.1) is 17.0 Å². The molecule has 3 nitrogen and oxygen atoms in total. The summed E-state index contributed by atoms with van der Waals surface area (Å²) in [5.74, 6) is -0.103. The average molecular weight is 344 g/mol. The minimum absolute atomic E-state index is 0.103. The van der Waals surface area contributed by atoms with Crippen molar-refractivity contribution in [3.63, 3.8) is 0 Å². The lowest BCUT2D eigenvalue weighted by atomic mass is 10.1. The van der Waals surface area contributed by atoms with Crippen molar-refractivity contribution in [2.75, 3.05) is 6.61 Å². The van der Waals surface area contributed by atoms with Gasteiger partial charge in [-0.2, -0.15) is 0 Å². The van der Waals surface area contributed by atoms with Crippen molar-refractivity contribution in [3.05, 3.63) is 56.2 Å². The van der Waals surface area contributed by atoms with Gasteiger partial charge in [-0.3, -0.25) is 4.79 Å². The Bertz CT molecular complexity index is 598. The van der Waals surface area contributed by atoms with Gasteiger partial charge in [-0.25, -0.2) is 0 Å². The number of rotatable bonds is 6. The van der Waals surface area contributed by atoms with Crippen LogP contribution < -0.4 is 5.32 Å². The number of carbonyl (C=O) groups is 1. The predicted molar refractivity (Wildman–Crippen MR) is 87.1 cm³/mol. The van der Waals surface area contributed by atoms with E-state index < -0.39 is 6.04 Å². The molecule has 1 amide bonds. The third kappa shape index (κ3) is 5.00. The first-order valence-electron chi connectivity index (χ1n) is 6.48. The van der Waals surface area contributed by atoms with Crippen molar-refractivity contribution in [1.82, 2.24) is 5.32 Å².